The van der Waals surface area contributed by atoms with Gasteiger partial charge in [-0.1, -0.05) is 0 Å². The number of aliphatic hydroxyl groups is 1. The van der Waals surface area contributed by atoms with Gasteiger partial charge in [0.2, 0.25) is 0 Å². The van der Waals surface area contributed by atoms with Crippen molar-refractivity contribution in [3.8, 4) is 0 Å². The molecule has 1 fully saturated rings. The Labute approximate surface area is 116 Å². The Bertz CT molecular complexity index is 473. The zero-order valence-corrected chi connectivity index (χ0v) is 11.2. The summed E-state index contributed by atoms with van der Waals surface area (Å²) in [6.45, 7) is 2.56. The van der Waals surface area contributed by atoms with Gasteiger partial charge in [0, 0.05) is 19.5 Å². The molecule has 0 bridgehead atoms. The molecule has 110 valence electrons. The molecule has 7 heteroatoms. The molecular formula is C13H18N2O5. The number of likely N-dealkylation sites (tertiary alicyclic amines) is 1. The number of furan rings is 1. The minimum Gasteiger partial charge on any atom is -0.480 e. The summed E-state index contributed by atoms with van der Waals surface area (Å²) >= 11 is 0. The lowest BCUT2D eigenvalue weighted by Crippen LogP contribution is -2.47. The molecule has 2 atom stereocenters. The number of carboxylic acids is 1. The third-order valence-corrected chi connectivity index (χ3v) is 3.39. The van der Waals surface area contributed by atoms with Gasteiger partial charge < -0.3 is 24.4 Å². The predicted molar refractivity (Wildman–Crippen MR) is 68.9 cm³/mol. The molecule has 1 aromatic heterocycles. The summed E-state index contributed by atoms with van der Waals surface area (Å²) in [5.41, 5.74) is 0. The molecule has 20 heavy (non-hydrogen) atoms. The average molecular weight is 282 g/mol. The Morgan fingerprint density at radius 3 is 2.85 bits per heavy atom. The lowest BCUT2D eigenvalue weighted by atomic mass is 10.2. The third kappa shape index (κ3) is 2.93. The first-order chi connectivity index (χ1) is 9.52. The maximum Gasteiger partial charge on any atom is 0.326 e. The highest BCUT2D eigenvalue weighted by atomic mass is 16.4. The van der Waals surface area contributed by atoms with E-state index in [2.05, 4.69) is 0 Å². The second-order valence-electron chi connectivity index (χ2n) is 4.77. The van der Waals surface area contributed by atoms with E-state index in [1.54, 1.807) is 12.1 Å². The van der Waals surface area contributed by atoms with Crippen LogP contribution in [0.25, 0.3) is 0 Å². The van der Waals surface area contributed by atoms with Gasteiger partial charge in [-0.25, -0.2) is 9.59 Å². The molecule has 0 aromatic carbocycles. The first-order valence-corrected chi connectivity index (χ1v) is 6.51. The number of β-amino-alcohol motifs (C(OH)–C–C–N with tert-alkyl or cyclic N) is 1. The Morgan fingerprint density at radius 2 is 2.30 bits per heavy atom. The normalized spacial score (nSPS) is 22.0. The maximum absolute atomic E-state index is 12.4. The number of carboxylic acid groups (broad SMARTS) is 1. The number of aliphatic hydroxyl groups excluding tert-OH is 1. The highest BCUT2D eigenvalue weighted by molar-refractivity contribution is 5.83. The fourth-order valence-electron chi connectivity index (χ4n) is 2.35. The smallest absolute Gasteiger partial charge is 0.326 e. The number of hydrogen-bond donors (Lipinski definition) is 2. The van der Waals surface area contributed by atoms with Crippen LogP contribution in [0.1, 0.15) is 19.1 Å². The van der Waals surface area contributed by atoms with Crippen LogP contribution >= 0.6 is 0 Å². The summed E-state index contributed by atoms with van der Waals surface area (Å²) in [5.74, 6) is -0.462. The van der Waals surface area contributed by atoms with Crippen LogP contribution in [0.5, 0.6) is 0 Å². The van der Waals surface area contributed by atoms with Crippen molar-refractivity contribution in [1.29, 1.82) is 0 Å². The predicted octanol–water partition coefficient (Wildman–Crippen LogP) is 0.741. The van der Waals surface area contributed by atoms with Gasteiger partial charge in [0.25, 0.3) is 0 Å². The monoisotopic (exact) mass is 282 g/mol. The van der Waals surface area contributed by atoms with Crippen LogP contribution in [-0.2, 0) is 11.3 Å². The molecule has 0 spiro atoms. The Morgan fingerprint density at radius 1 is 1.55 bits per heavy atom. The molecule has 1 aliphatic heterocycles. The van der Waals surface area contributed by atoms with Crippen LogP contribution in [0.15, 0.2) is 22.8 Å². The van der Waals surface area contributed by atoms with Crippen LogP contribution in [0.2, 0.25) is 0 Å². The van der Waals surface area contributed by atoms with Crippen LogP contribution in [0, 0.1) is 0 Å². The summed E-state index contributed by atoms with van der Waals surface area (Å²) < 4.78 is 5.20. The quantitative estimate of drug-likeness (QED) is 0.849. The van der Waals surface area contributed by atoms with E-state index in [9.17, 15) is 14.7 Å². The fraction of sp³-hybridized carbons (Fsp3) is 0.538. The van der Waals surface area contributed by atoms with E-state index in [-0.39, 0.29) is 19.5 Å². The van der Waals surface area contributed by atoms with Gasteiger partial charge in [-0.05, 0) is 19.1 Å². The van der Waals surface area contributed by atoms with E-state index in [1.807, 2.05) is 6.92 Å². The van der Waals surface area contributed by atoms with Gasteiger partial charge in [0.05, 0.1) is 18.9 Å². The summed E-state index contributed by atoms with van der Waals surface area (Å²) in [4.78, 5) is 26.2. The Hall–Kier alpha value is -2.02. The van der Waals surface area contributed by atoms with Gasteiger partial charge in [-0.15, -0.1) is 0 Å². The van der Waals surface area contributed by atoms with Crippen LogP contribution in [0.3, 0.4) is 0 Å². The first kappa shape index (κ1) is 14.4. The third-order valence-electron chi connectivity index (χ3n) is 3.39. The van der Waals surface area contributed by atoms with Crippen LogP contribution < -0.4 is 0 Å². The van der Waals surface area contributed by atoms with E-state index in [0.29, 0.717) is 12.3 Å². The van der Waals surface area contributed by atoms with Crippen LogP contribution in [-0.4, -0.2) is 57.2 Å². The van der Waals surface area contributed by atoms with Crippen molar-refractivity contribution in [2.24, 2.45) is 0 Å². The average Bonchev–Trinajstić information content (AvgIpc) is 3.04. The van der Waals surface area contributed by atoms with E-state index in [1.165, 1.54) is 16.1 Å². The number of rotatable bonds is 4. The molecule has 2 amide bonds. The standard InChI is InChI=1S/C13H18N2O5/c1-2-14(8-10-4-3-5-20-10)13(19)15-7-9(16)6-11(15)12(17)18/h3-5,9,11,16H,2,6-8H2,1H3,(H,17,18)/t9-,11+/m1/s1. The number of aliphatic carboxylic acids is 1. The van der Waals surface area contributed by atoms with Gasteiger partial charge in [-0.2, -0.15) is 0 Å². The second-order valence-corrected chi connectivity index (χ2v) is 4.77. The number of amides is 2. The summed E-state index contributed by atoms with van der Waals surface area (Å²) in [5, 5.41) is 18.7. The number of hydrogen-bond acceptors (Lipinski definition) is 4. The van der Waals surface area contributed by atoms with Crippen molar-refractivity contribution in [2.75, 3.05) is 13.1 Å². The highest BCUT2D eigenvalue weighted by Gasteiger charge is 2.40. The number of urea groups is 1. The number of carbonyl (C=O) groups is 2. The maximum atomic E-state index is 12.4. The zero-order chi connectivity index (χ0) is 14.7. The summed E-state index contributed by atoms with van der Waals surface area (Å²) in [6, 6.07) is 2.12. The van der Waals surface area contributed by atoms with E-state index >= 15 is 0 Å². The molecule has 1 saturated heterocycles. The van der Waals surface area contributed by atoms with Gasteiger partial charge in [0.15, 0.2) is 0 Å². The van der Waals surface area contributed by atoms with Crippen molar-refractivity contribution in [3.63, 3.8) is 0 Å². The van der Waals surface area contributed by atoms with Crippen molar-refractivity contribution < 1.29 is 24.2 Å². The summed E-state index contributed by atoms with van der Waals surface area (Å²) in [6.07, 6.45) is 0.800. The highest BCUT2D eigenvalue weighted by Crippen LogP contribution is 2.21. The van der Waals surface area contributed by atoms with Crippen molar-refractivity contribution in [3.05, 3.63) is 24.2 Å². The lowest BCUT2D eigenvalue weighted by molar-refractivity contribution is -0.141. The first-order valence-electron chi connectivity index (χ1n) is 6.51. The molecular weight excluding hydrogens is 264 g/mol. The molecule has 0 aliphatic carbocycles. The van der Waals surface area contributed by atoms with Crippen molar-refractivity contribution in [1.82, 2.24) is 9.80 Å². The minimum atomic E-state index is -1.09. The fourth-order valence-corrected chi connectivity index (χ4v) is 2.35. The minimum absolute atomic E-state index is 0.0461. The van der Waals surface area contributed by atoms with Gasteiger partial charge >= 0.3 is 12.0 Å². The summed E-state index contributed by atoms with van der Waals surface area (Å²) in [7, 11) is 0. The SMILES string of the molecule is CCN(Cc1ccco1)C(=O)N1C[C@H](O)C[C@H]1C(=O)O. The molecule has 2 rings (SSSR count). The molecule has 0 unspecified atom stereocenters. The second kappa shape index (κ2) is 5.96. The number of nitrogens with zero attached hydrogens (tertiary/aromatic N) is 2. The molecule has 2 heterocycles. The molecule has 1 aliphatic rings. The van der Waals surface area contributed by atoms with Gasteiger partial charge in [-0.3, -0.25) is 0 Å². The van der Waals surface area contributed by atoms with E-state index < -0.39 is 24.1 Å². The lowest BCUT2D eigenvalue weighted by Gasteiger charge is -2.28. The topological polar surface area (TPSA) is 94.2 Å². The molecule has 0 saturated carbocycles. The molecule has 0 radical (unpaired) electrons. The molecule has 1 aromatic rings. The van der Waals surface area contributed by atoms with Crippen molar-refractivity contribution >= 4 is 12.0 Å². The van der Waals surface area contributed by atoms with Crippen molar-refractivity contribution in [2.45, 2.75) is 32.0 Å². The van der Waals surface area contributed by atoms with Gasteiger partial charge in [0.1, 0.15) is 11.8 Å². The molecule has 2 N–H and O–H groups in total. The number of carbonyl (C=O) groups excluding carboxylic acids is 1. The Balaban J connectivity index is 2.09. The largest absolute Gasteiger partial charge is 0.480 e. The molecule has 7 nitrogen and oxygen atoms in total. The zero-order valence-electron chi connectivity index (χ0n) is 11.2. The Kier molecular flexibility index (Phi) is 4.29. The van der Waals surface area contributed by atoms with E-state index in [0.717, 1.165) is 0 Å². The van der Waals surface area contributed by atoms with Crippen LogP contribution in [0.4, 0.5) is 4.79 Å². The van der Waals surface area contributed by atoms with E-state index in [4.69, 9.17) is 9.52 Å².